The number of nitrogens with one attached hydrogen (secondary N) is 3. The molecule has 1 amide bonds. The smallest absolute Gasteiger partial charge is 0.259 e. The molecule has 0 aliphatic carbocycles. The molecule has 1 saturated heterocycles. The minimum atomic E-state index is -0.207. The van der Waals surface area contributed by atoms with Crippen molar-refractivity contribution in [3.63, 3.8) is 0 Å². The topological polar surface area (TPSA) is 76.4 Å². The molecule has 1 fully saturated rings. The van der Waals surface area contributed by atoms with Crippen LogP contribution < -0.4 is 25.1 Å². The molecular formula is C24H33N4O3+. The molecule has 1 heterocycles. The van der Waals surface area contributed by atoms with E-state index >= 15 is 0 Å². The van der Waals surface area contributed by atoms with Crippen LogP contribution in [-0.2, 0) is 11.3 Å². The van der Waals surface area contributed by atoms with Gasteiger partial charge in [-0.2, -0.15) is 5.10 Å². The number of benzene rings is 2. The van der Waals surface area contributed by atoms with Gasteiger partial charge in [-0.1, -0.05) is 0 Å². The van der Waals surface area contributed by atoms with Crippen molar-refractivity contribution in [1.29, 1.82) is 0 Å². The fourth-order valence-electron chi connectivity index (χ4n) is 3.78. The van der Waals surface area contributed by atoms with Crippen LogP contribution in [0.4, 0.5) is 5.69 Å². The highest BCUT2D eigenvalue weighted by Gasteiger charge is 2.17. The van der Waals surface area contributed by atoms with Crippen LogP contribution in [0.2, 0.25) is 0 Å². The number of likely N-dealkylation sites (tertiary alicyclic amines) is 1. The van der Waals surface area contributed by atoms with E-state index in [-0.39, 0.29) is 12.5 Å². The van der Waals surface area contributed by atoms with E-state index in [1.165, 1.54) is 37.9 Å². The molecule has 0 bridgehead atoms. The summed E-state index contributed by atoms with van der Waals surface area (Å²) in [6, 6.07) is 13.5. The van der Waals surface area contributed by atoms with E-state index in [1.807, 2.05) is 43.3 Å². The van der Waals surface area contributed by atoms with Crippen molar-refractivity contribution in [2.75, 3.05) is 39.2 Å². The summed E-state index contributed by atoms with van der Waals surface area (Å²) in [4.78, 5) is 13.8. The highest BCUT2D eigenvalue weighted by atomic mass is 16.5. The Balaban J connectivity index is 1.57. The van der Waals surface area contributed by atoms with Gasteiger partial charge >= 0.3 is 0 Å². The van der Waals surface area contributed by atoms with E-state index in [4.69, 9.17) is 9.47 Å². The largest absolute Gasteiger partial charge is 0.497 e. The first-order valence-corrected chi connectivity index (χ1v) is 10.8. The number of piperidine rings is 1. The van der Waals surface area contributed by atoms with Gasteiger partial charge in [-0.3, -0.25) is 4.79 Å². The summed E-state index contributed by atoms with van der Waals surface area (Å²) >= 11 is 0. The first-order valence-electron chi connectivity index (χ1n) is 10.8. The standard InChI is InChI=1S/C24H32N4O3/c1-18(26-27-24(29)16-25-21-8-10-22(30-2)11-9-21)19-7-12-23(31-3)20(15-19)17-28-13-5-4-6-14-28/h7-12,15,25H,4-6,13-14,16-17H2,1-3H3,(H,27,29)/p+1/b26-18-. The molecule has 0 atom stereocenters. The lowest BCUT2D eigenvalue weighted by Crippen LogP contribution is -3.11. The Hall–Kier alpha value is -3.06. The van der Waals surface area contributed by atoms with Gasteiger partial charge in [-0.15, -0.1) is 0 Å². The van der Waals surface area contributed by atoms with Gasteiger partial charge in [0.15, 0.2) is 0 Å². The third-order valence-corrected chi connectivity index (χ3v) is 5.59. The minimum absolute atomic E-state index is 0.134. The predicted molar refractivity (Wildman–Crippen MR) is 123 cm³/mol. The Morgan fingerprint density at radius 1 is 1.03 bits per heavy atom. The Kier molecular flexibility index (Phi) is 8.29. The normalized spacial score (nSPS) is 14.7. The van der Waals surface area contributed by atoms with Crippen molar-refractivity contribution in [2.45, 2.75) is 32.7 Å². The van der Waals surface area contributed by atoms with Crippen LogP contribution in [0.3, 0.4) is 0 Å². The average molecular weight is 426 g/mol. The van der Waals surface area contributed by atoms with Crippen LogP contribution in [-0.4, -0.2) is 45.5 Å². The van der Waals surface area contributed by atoms with Crippen molar-refractivity contribution in [3.8, 4) is 11.5 Å². The van der Waals surface area contributed by atoms with E-state index < -0.39 is 0 Å². The SMILES string of the molecule is COc1ccc(NCC(=O)N/N=C(/C)c2ccc(OC)c(C[NH+]3CCCCC3)c2)cc1. The number of rotatable bonds is 9. The van der Waals surface area contributed by atoms with Gasteiger partial charge in [0.2, 0.25) is 0 Å². The van der Waals surface area contributed by atoms with Crippen LogP contribution >= 0.6 is 0 Å². The molecule has 0 aromatic heterocycles. The van der Waals surface area contributed by atoms with E-state index in [1.54, 1.807) is 19.1 Å². The summed E-state index contributed by atoms with van der Waals surface area (Å²) < 4.78 is 10.7. The van der Waals surface area contributed by atoms with Crippen molar-refractivity contribution in [2.24, 2.45) is 5.10 Å². The highest BCUT2D eigenvalue weighted by molar-refractivity contribution is 5.99. The zero-order valence-corrected chi connectivity index (χ0v) is 18.7. The number of methoxy groups -OCH3 is 2. The number of anilines is 1. The molecule has 1 aliphatic rings. The number of amides is 1. The molecule has 7 heteroatoms. The maximum absolute atomic E-state index is 12.2. The summed E-state index contributed by atoms with van der Waals surface area (Å²) in [5.41, 5.74) is 6.39. The molecule has 1 aliphatic heterocycles. The average Bonchev–Trinajstić information content (AvgIpc) is 2.82. The van der Waals surface area contributed by atoms with Crippen LogP contribution in [0.5, 0.6) is 11.5 Å². The Morgan fingerprint density at radius 2 is 1.77 bits per heavy atom. The lowest BCUT2D eigenvalue weighted by molar-refractivity contribution is -0.918. The second kappa shape index (κ2) is 11.4. The molecule has 0 unspecified atom stereocenters. The molecule has 7 nitrogen and oxygen atoms in total. The molecule has 166 valence electrons. The highest BCUT2D eigenvalue weighted by Crippen LogP contribution is 2.20. The van der Waals surface area contributed by atoms with Crippen LogP contribution in [0.15, 0.2) is 47.6 Å². The third-order valence-electron chi connectivity index (χ3n) is 5.59. The van der Waals surface area contributed by atoms with Gasteiger partial charge in [-0.05, 0) is 74.2 Å². The lowest BCUT2D eigenvalue weighted by atomic mass is 10.0. The maximum atomic E-state index is 12.2. The number of hydrazone groups is 1. The third kappa shape index (κ3) is 6.72. The van der Waals surface area contributed by atoms with Gasteiger partial charge in [-0.25, -0.2) is 5.43 Å². The van der Waals surface area contributed by atoms with E-state index in [2.05, 4.69) is 21.9 Å². The molecule has 0 radical (unpaired) electrons. The summed E-state index contributed by atoms with van der Waals surface area (Å²) in [6.07, 6.45) is 3.91. The molecule has 31 heavy (non-hydrogen) atoms. The number of hydrogen-bond acceptors (Lipinski definition) is 5. The molecule has 0 saturated carbocycles. The summed E-state index contributed by atoms with van der Waals surface area (Å²) in [5, 5.41) is 7.36. The number of ether oxygens (including phenoxy) is 2. The molecule has 2 aromatic carbocycles. The number of carbonyl (C=O) groups excluding carboxylic acids is 1. The van der Waals surface area contributed by atoms with E-state index in [0.29, 0.717) is 0 Å². The Bertz CT molecular complexity index is 890. The monoisotopic (exact) mass is 425 g/mol. The van der Waals surface area contributed by atoms with Crippen molar-refractivity contribution in [3.05, 3.63) is 53.6 Å². The van der Waals surface area contributed by atoms with Crippen LogP contribution in [0.1, 0.15) is 37.3 Å². The molecular weight excluding hydrogens is 392 g/mol. The summed E-state index contributed by atoms with van der Waals surface area (Å²) in [5.74, 6) is 1.47. The molecule has 3 N–H and O–H groups in total. The van der Waals surface area contributed by atoms with Gasteiger partial charge in [0, 0.05) is 11.3 Å². The lowest BCUT2D eigenvalue weighted by Gasteiger charge is -2.24. The van der Waals surface area contributed by atoms with Crippen molar-refractivity contribution >= 4 is 17.3 Å². The first-order chi connectivity index (χ1) is 15.1. The Labute approximate surface area is 184 Å². The summed E-state index contributed by atoms with van der Waals surface area (Å²) in [6.45, 7) is 5.39. The van der Waals surface area contributed by atoms with Crippen LogP contribution in [0.25, 0.3) is 0 Å². The number of carbonyl (C=O) groups is 1. The van der Waals surface area contributed by atoms with Crippen molar-refractivity contribution in [1.82, 2.24) is 5.43 Å². The summed E-state index contributed by atoms with van der Waals surface area (Å²) in [7, 11) is 3.33. The van der Waals surface area contributed by atoms with Gasteiger partial charge in [0.1, 0.15) is 18.0 Å². The first kappa shape index (κ1) is 22.6. The van der Waals surface area contributed by atoms with Gasteiger partial charge in [0.05, 0.1) is 39.6 Å². The maximum Gasteiger partial charge on any atom is 0.259 e. The fraction of sp³-hybridized carbons (Fsp3) is 0.417. The molecule has 0 spiro atoms. The molecule has 2 aromatic rings. The van der Waals surface area contributed by atoms with E-state index in [0.717, 1.165) is 35.0 Å². The predicted octanol–water partition coefficient (Wildman–Crippen LogP) is 2.22. The minimum Gasteiger partial charge on any atom is -0.497 e. The fourth-order valence-corrected chi connectivity index (χ4v) is 3.78. The second-order valence-electron chi connectivity index (χ2n) is 7.83. The zero-order chi connectivity index (χ0) is 22.1. The van der Waals surface area contributed by atoms with E-state index in [9.17, 15) is 4.79 Å². The van der Waals surface area contributed by atoms with Gasteiger partial charge in [0.25, 0.3) is 5.91 Å². The Morgan fingerprint density at radius 3 is 2.45 bits per heavy atom. The number of quaternary nitrogens is 1. The molecule has 3 rings (SSSR count). The number of hydrogen-bond donors (Lipinski definition) is 3. The quantitative estimate of drug-likeness (QED) is 0.425. The van der Waals surface area contributed by atoms with Crippen molar-refractivity contribution < 1.29 is 19.2 Å². The van der Waals surface area contributed by atoms with Crippen LogP contribution in [0, 0.1) is 0 Å². The second-order valence-corrected chi connectivity index (χ2v) is 7.83. The van der Waals surface area contributed by atoms with Gasteiger partial charge < -0.3 is 19.7 Å². The number of nitrogens with zero attached hydrogens (tertiary/aromatic N) is 1. The zero-order valence-electron chi connectivity index (χ0n) is 18.7.